The summed E-state index contributed by atoms with van der Waals surface area (Å²) < 4.78 is 28.4. The maximum Gasteiger partial charge on any atom is 0.258 e. The summed E-state index contributed by atoms with van der Waals surface area (Å²) in [5.74, 6) is 0. The van der Waals surface area contributed by atoms with Crippen LogP contribution in [0.4, 0.5) is 0 Å². The number of benzene rings is 1. The lowest BCUT2D eigenvalue weighted by Crippen LogP contribution is -2.31. The third kappa shape index (κ3) is 2.87. The first-order chi connectivity index (χ1) is 9.33. The molecule has 0 aliphatic carbocycles. The van der Waals surface area contributed by atoms with E-state index in [0.29, 0.717) is 10.7 Å². The van der Waals surface area contributed by atoms with Crippen LogP contribution in [0.3, 0.4) is 0 Å². The average Bonchev–Trinajstić information content (AvgIpc) is 2.80. The molecule has 1 aromatic carbocycles. The van der Waals surface area contributed by atoms with Gasteiger partial charge in [-0.3, -0.25) is 0 Å². The van der Waals surface area contributed by atoms with Crippen LogP contribution in [0.1, 0.15) is 19.4 Å². The molecule has 1 heterocycles. The molecule has 0 atom stereocenters. The molecule has 5 nitrogen and oxygen atoms in total. The molecule has 0 fully saturated rings. The zero-order valence-electron chi connectivity index (χ0n) is 11.5. The summed E-state index contributed by atoms with van der Waals surface area (Å²) in [7, 11) is -3.63. The summed E-state index contributed by atoms with van der Waals surface area (Å²) in [6.45, 7) is 5.38. The van der Waals surface area contributed by atoms with Gasteiger partial charge in [0.25, 0.3) is 10.0 Å². The van der Waals surface area contributed by atoms with Crippen LogP contribution in [0.15, 0.2) is 35.5 Å². The van der Waals surface area contributed by atoms with Crippen molar-refractivity contribution in [2.75, 3.05) is 0 Å². The van der Waals surface area contributed by atoms with Crippen LogP contribution >= 0.6 is 11.6 Å². The molecule has 0 saturated carbocycles. The number of hydrogen-bond acceptors (Lipinski definition) is 3. The van der Waals surface area contributed by atoms with E-state index in [1.54, 1.807) is 19.9 Å². The van der Waals surface area contributed by atoms with Crippen molar-refractivity contribution < 1.29 is 8.42 Å². The molecular weight excluding hydrogens is 298 g/mol. The van der Waals surface area contributed by atoms with E-state index in [0.717, 1.165) is 5.56 Å². The summed E-state index contributed by atoms with van der Waals surface area (Å²) in [6, 6.07) is 6.65. The van der Waals surface area contributed by atoms with Crippen molar-refractivity contribution in [3.8, 4) is 5.69 Å². The Kier molecular flexibility index (Phi) is 4.17. The minimum Gasteiger partial charge on any atom is -0.219 e. The van der Waals surface area contributed by atoms with Gasteiger partial charge in [-0.15, -0.1) is 0 Å². The van der Waals surface area contributed by atoms with E-state index in [1.807, 2.05) is 19.1 Å². The minimum absolute atomic E-state index is 0.0682. The highest BCUT2D eigenvalue weighted by Gasteiger charge is 2.22. The van der Waals surface area contributed by atoms with Gasteiger partial charge in [-0.2, -0.15) is 5.10 Å². The molecule has 0 spiro atoms. The molecule has 0 unspecified atom stereocenters. The maximum absolute atomic E-state index is 12.3. The third-order valence-electron chi connectivity index (χ3n) is 2.67. The molecule has 20 heavy (non-hydrogen) atoms. The van der Waals surface area contributed by atoms with Gasteiger partial charge in [0.1, 0.15) is 0 Å². The predicted octanol–water partition coefficient (Wildman–Crippen LogP) is 2.52. The number of nitrogens with zero attached hydrogens (tertiary/aromatic N) is 2. The van der Waals surface area contributed by atoms with E-state index in [4.69, 9.17) is 11.6 Å². The molecule has 2 rings (SSSR count). The molecule has 0 radical (unpaired) electrons. The van der Waals surface area contributed by atoms with Gasteiger partial charge in [0.2, 0.25) is 0 Å². The van der Waals surface area contributed by atoms with Gasteiger partial charge in [-0.1, -0.05) is 23.7 Å². The lowest BCUT2D eigenvalue weighted by atomic mass is 10.2. The van der Waals surface area contributed by atoms with Crippen LogP contribution in [-0.2, 0) is 10.0 Å². The van der Waals surface area contributed by atoms with Crippen molar-refractivity contribution >= 4 is 21.6 Å². The van der Waals surface area contributed by atoms with Gasteiger partial charge in [0.15, 0.2) is 5.03 Å². The number of nitrogens with one attached hydrogen (secondary N) is 1. The molecule has 0 aliphatic heterocycles. The fourth-order valence-electron chi connectivity index (χ4n) is 1.84. The Morgan fingerprint density at radius 1 is 1.30 bits per heavy atom. The fourth-order valence-corrected chi connectivity index (χ4v) is 3.40. The number of halogens is 1. The lowest BCUT2D eigenvalue weighted by Gasteiger charge is -2.13. The van der Waals surface area contributed by atoms with Crippen LogP contribution in [0, 0.1) is 6.92 Å². The SMILES string of the molecule is Cc1cccc(-n2nccc2S(=O)(=O)NC(C)C)c1Cl. The predicted molar refractivity (Wildman–Crippen MR) is 78.8 cm³/mol. The first-order valence-corrected chi connectivity index (χ1v) is 8.01. The highest BCUT2D eigenvalue weighted by atomic mass is 35.5. The van der Waals surface area contributed by atoms with Gasteiger partial charge < -0.3 is 0 Å². The van der Waals surface area contributed by atoms with Crippen molar-refractivity contribution in [3.05, 3.63) is 41.0 Å². The van der Waals surface area contributed by atoms with Gasteiger partial charge in [-0.05, 0) is 38.5 Å². The average molecular weight is 314 g/mol. The number of aromatic nitrogens is 2. The summed E-state index contributed by atoms with van der Waals surface area (Å²) in [6.07, 6.45) is 1.44. The fraction of sp³-hybridized carbons (Fsp3) is 0.308. The Balaban J connectivity index is 2.57. The van der Waals surface area contributed by atoms with E-state index in [-0.39, 0.29) is 11.1 Å². The van der Waals surface area contributed by atoms with Crippen LogP contribution < -0.4 is 4.72 Å². The lowest BCUT2D eigenvalue weighted by molar-refractivity contribution is 0.560. The van der Waals surface area contributed by atoms with Crippen molar-refractivity contribution in [2.45, 2.75) is 31.8 Å². The van der Waals surface area contributed by atoms with Gasteiger partial charge >= 0.3 is 0 Å². The monoisotopic (exact) mass is 313 g/mol. The van der Waals surface area contributed by atoms with Crippen LogP contribution in [0.5, 0.6) is 0 Å². The van der Waals surface area contributed by atoms with Crippen molar-refractivity contribution in [3.63, 3.8) is 0 Å². The smallest absolute Gasteiger partial charge is 0.219 e. The summed E-state index contributed by atoms with van der Waals surface area (Å²) >= 11 is 6.24. The molecular formula is C13H16ClN3O2S. The Bertz CT molecular complexity index is 723. The van der Waals surface area contributed by atoms with E-state index < -0.39 is 10.0 Å². The van der Waals surface area contributed by atoms with Gasteiger partial charge in [0.05, 0.1) is 16.9 Å². The van der Waals surface area contributed by atoms with Crippen LogP contribution in [0.25, 0.3) is 5.69 Å². The molecule has 1 N–H and O–H groups in total. The van der Waals surface area contributed by atoms with Crippen LogP contribution in [0.2, 0.25) is 5.02 Å². The van der Waals surface area contributed by atoms with Crippen molar-refractivity contribution in [1.82, 2.24) is 14.5 Å². The molecule has 7 heteroatoms. The highest BCUT2D eigenvalue weighted by molar-refractivity contribution is 7.89. The molecule has 1 aromatic heterocycles. The van der Waals surface area contributed by atoms with E-state index in [1.165, 1.54) is 16.9 Å². The molecule has 0 aliphatic rings. The van der Waals surface area contributed by atoms with E-state index in [9.17, 15) is 8.42 Å². The molecule has 0 saturated heterocycles. The van der Waals surface area contributed by atoms with Gasteiger partial charge in [-0.25, -0.2) is 17.8 Å². The van der Waals surface area contributed by atoms with Crippen molar-refractivity contribution in [2.24, 2.45) is 0 Å². The topological polar surface area (TPSA) is 64.0 Å². The molecule has 108 valence electrons. The number of sulfonamides is 1. The second-order valence-electron chi connectivity index (χ2n) is 4.77. The standard InChI is InChI=1S/C13H16ClN3O2S/c1-9(2)16-20(18,19)12-7-8-15-17(12)11-6-4-5-10(3)13(11)14/h4-9,16H,1-3H3. The quantitative estimate of drug-likeness (QED) is 0.943. The second kappa shape index (κ2) is 5.55. The summed E-state index contributed by atoms with van der Waals surface area (Å²) in [5, 5.41) is 4.63. The third-order valence-corrected chi connectivity index (χ3v) is 4.81. The first-order valence-electron chi connectivity index (χ1n) is 6.15. The Labute approximate surface area is 123 Å². The number of rotatable bonds is 4. The number of hydrogen-bond donors (Lipinski definition) is 1. The van der Waals surface area contributed by atoms with Gasteiger partial charge in [0, 0.05) is 6.04 Å². The van der Waals surface area contributed by atoms with Crippen LogP contribution in [-0.4, -0.2) is 24.2 Å². The molecule has 0 amide bonds. The zero-order valence-corrected chi connectivity index (χ0v) is 13.0. The highest BCUT2D eigenvalue weighted by Crippen LogP contribution is 2.25. The second-order valence-corrected chi connectivity index (χ2v) is 6.80. The van der Waals surface area contributed by atoms with E-state index in [2.05, 4.69) is 9.82 Å². The normalized spacial score (nSPS) is 12.1. The summed E-state index contributed by atoms with van der Waals surface area (Å²) in [5.41, 5.74) is 1.40. The largest absolute Gasteiger partial charge is 0.258 e. The zero-order chi connectivity index (χ0) is 14.9. The first kappa shape index (κ1) is 15.0. The Morgan fingerprint density at radius 3 is 2.65 bits per heavy atom. The number of aryl methyl sites for hydroxylation is 1. The molecule has 0 bridgehead atoms. The summed E-state index contributed by atoms with van der Waals surface area (Å²) in [4.78, 5) is 0. The Hall–Kier alpha value is -1.37. The molecule has 2 aromatic rings. The minimum atomic E-state index is -3.63. The van der Waals surface area contributed by atoms with E-state index >= 15 is 0 Å². The Morgan fingerprint density at radius 2 is 2.00 bits per heavy atom. The maximum atomic E-state index is 12.3. The van der Waals surface area contributed by atoms with Crippen molar-refractivity contribution in [1.29, 1.82) is 0 Å².